The average molecular weight is 196 g/mol. The number of thioether (sulfide) groups is 1. The van der Waals surface area contributed by atoms with Gasteiger partial charge >= 0.3 is 0 Å². The Labute approximate surface area is 84.2 Å². The van der Waals surface area contributed by atoms with E-state index in [9.17, 15) is 5.11 Å². The monoisotopic (exact) mass is 196 g/mol. The van der Waals surface area contributed by atoms with Crippen molar-refractivity contribution >= 4 is 11.8 Å². The van der Waals surface area contributed by atoms with Gasteiger partial charge in [0.05, 0.1) is 6.10 Å². The van der Waals surface area contributed by atoms with Crippen LogP contribution in [0.3, 0.4) is 0 Å². The average Bonchev–Trinajstić information content (AvgIpc) is 2.15. The van der Waals surface area contributed by atoms with Gasteiger partial charge in [-0.1, -0.05) is 19.1 Å². The molecule has 0 aliphatic rings. The molecule has 1 aromatic carbocycles. The molecule has 0 bridgehead atoms. The standard InChI is InChI=1S/C11H16OS/c1-3-7-13-11-6-4-5-10(8-11)9(2)12/h4-6,8-9,12H,3,7H2,1-2H3. The predicted molar refractivity (Wildman–Crippen MR) is 58.1 cm³/mol. The fourth-order valence-electron chi connectivity index (χ4n) is 1.08. The van der Waals surface area contributed by atoms with Gasteiger partial charge in [-0.15, -0.1) is 11.8 Å². The predicted octanol–water partition coefficient (Wildman–Crippen LogP) is 3.24. The summed E-state index contributed by atoms with van der Waals surface area (Å²) in [6, 6.07) is 8.11. The Hall–Kier alpha value is -0.470. The summed E-state index contributed by atoms with van der Waals surface area (Å²) < 4.78 is 0. The molecule has 0 radical (unpaired) electrons. The van der Waals surface area contributed by atoms with Crippen LogP contribution in [0.15, 0.2) is 29.2 Å². The Balaban J connectivity index is 2.68. The molecule has 0 fully saturated rings. The quantitative estimate of drug-likeness (QED) is 0.746. The molecule has 0 aromatic heterocycles. The lowest BCUT2D eigenvalue weighted by Crippen LogP contribution is -1.90. The first-order valence-corrected chi connectivity index (χ1v) is 5.63. The Kier molecular flexibility index (Phi) is 4.33. The largest absolute Gasteiger partial charge is 0.389 e. The molecular weight excluding hydrogens is 180 g/mol. The van der Waals surface area contributed by atoms with Crippen molar-refractivity contribution in [2.75, 3.05) is 5.75 Å². The Bertz CT molecular complexity index is 258. The molecule has 0 spiro atoms. The summed E-state index contributed by atoms with van der Waals surface area (Å²) in [7, 11) is 0. The molecule has 1 N–H and O–H groups in total. The second-order valence-electron chi connectivity index (χ2n) is 3.10. The fourth-order valence-corrected chi connectivity index (χ4v) is 1.92. The molecular formula is C11H16OS. The van der Waals surface area contributed by atoms with Crippen LogP contribution in [-0.2, 0) is 0 Å². The topological polar surface area (TPSA) is 20.2 Å². The lowest BCUT2D eigenvalue weighted by atomic mass is 10.1. The van der Waals surface area contributed by atoms with Gasteiger partial charge in [0.25, 0.3) is 0 Å². The van der Waals surface area contributed by atoms with Gasteiger partial charge in [-0.2, -0.15) is 0 Å². The number of hydrogen-bond acceptors (Lipinski definition) is 2. The fraction of sp³-hybridized carbons (Fsp3) is 0.455. The maximum Gasteiger partial charge on any atom is 0.0762 e. The first-order valence-electron chi connectivity index (χ1n) is 4.65. The third-order valence-electron chi connectivity index (χ3n) is 1.81. The maximum atomic E-state index is 9.36. The van der Waals surface area contributed by atoms with E-state index in [4.69, 9.17) is 0 Å². The summed E-state index contributed by atoms with van der Waals surface area (Å²) in [5.41, 5.74) is 1.00. The smallest absolute Gasteiger partial charge is 0.0762 e. The van der Waals surface area contributed by atoms with E-state index in [0.717, 1.165) is 11.3 Å². The molecule has 1 nitrogen and oxygen atoms in total. The second kappa shape index (κ2) is 5.30. The Morgan fingerprint density at radius 3 is 2.85 bits per heavy atom. The van der Waals surface area contributed by atoms with Crippen molar-refractivity contribution < 1.29 is 5.11 Å². The number of aliphatic hydroxyl groups excluding tert-OH is 1. The summed E-state index contributed by atoms with van der Waals surface area (Å²) in [5.74, 6) is 1.14. The summed E-state index contributed by atoms with van der Waals surface area (Å²) in [5, 5.41) is 9.36. The highest BCUT2D eigenvalue weighted by molar-refractivity contribution is 7.99. The lowest BCUT2D eigenvalue weighted by Gasteiger charge is -2.06. The molecule has 1 rings (SSSR count). The van der Waals surface area contributed by atoms with Gasteiger partial charge in [-0.25, -0.2) is 0 Å². The van der Waals surface area contributed by atoms with Crippen molar-refractivity contribution in [1.29, 1.82) is 0 Å². The molecule has 0 heterocycles. The van der Waals surface area contributed by atoms with E-state index < -0.39 is 0 Å². The number of benzene rings is 1. The van der Waals surface area contributed by atoms with Crippen LogP contribution in [-0.4, -0.2) is 10.9 Å². The van der Waals surface area contributed by atoms with Crippen LogP contribution in [0, 0.1) is 0 Å². The highest BCUT2D eigenvalue weighted by Crippen LogP contribution is 2.22. The van der Waals surface area contributed by atoms with Gasteiger partial charge in [0.1, 0.15) is 0 Å². The van der Waals surface area contributed by atoms with Gasteiger partial charge in [-0.05, 0) is 36.8 Å². The van der Waals surface area contributed by atoms with Crippen LogP contribution in [0.4, 0.5) is 0 Å². The maximum absolute atomic E-state index is 9.36. The molecule has 2 heteroatoms. The Morgan fingerprint density at radius 1 is 1.46 bits per heavy atom. The van der Waals surface area contributed by atoms with E-state index in [0.29, 0.717) is 0 Å². The number of rotatable bonds is 4. The third kappa shape index (κ3) is 3.41. The molecule has 1 aromatic rings. The number of hydrogen-bond donors (Lipinski definition) is 1. The molecule has 1 unspecified atom stereocenters. The molecule has 13 heavy (non-hydrogen) atoms. The van der Waals surface area contributed by atoms with Gasteiger partial charge in [0.2, 0.25) is 0 Å². The number of aliphatic hydroxyl groups is 1. The molecule has 0 aliphatic heterocycles. The molecule has 0 saturated heterocycles. The minimum atomic E-state index is -0.359. The summed E-state index contributed by atoms with van der Waals surface area (Å²) >= 11 is 1.84. The van der Waals surface area contributed by atoms with Crippen molar-refractivity contribution in [3.8, 4) is 0 Å². The molecule has 0 saturated carbocycles. The normalized spacial score (nSPS) is 12.8. The van der Waals surface area contributed by atoms with Crippen molar-refractivity contribution in [3.05, 3.63) is 29.8 Å². The van der Waals surface area contributed by atoms with Crippen LogP contribution in [0.5, 0.6) is 0 Å². The third-order valence-corrected chi connectivity index (χ3v) is 3.01. The van der Waals surface area contributed by atoms with E-state index in [2.05, 4.69) is 19.1 Å². The van der Waals surface area contributed by atoms with Gasteiger partial charge in [-0.3, -0.25) is 0 Å². The highest BCUT2D eigenvalue weighted by Gasteiger charge is 2.00. The lowest BCUT2D eigenvalue weighted by molar-refractivity contribution is 0.199. The summed E-state index contributed by atoms with van der Waals surface area (Å²) in [6.07, 6.45) is 0.825. The van der Waals surface area contributed by atoms with Crippen molar-refractivity contribution in [3.63, 3.8) is 0 Å². The van der Waals surface area contributed by atoms with Gasteiger partial charge in [0.15, 0.2) is 0 Å². The second-order valence-corrected chi connectivity index (χ2v) is 4.27. The van der Waals surface area contributed by atoms with Crippen LogP contribution >= 0.6 is 11.8 Å². The van der Waals surface area contributed by atoms with E-state index in [1.54, 1.807) is 6.92 Å². The minimum Gasteiger partial charge on any atom is -0.389 e. The molecule has 0 aliphatic carbocycles. The van der Waals surface area contributed by atoms with Crippen LogP contribution < -0.4 is 0 Å². The van der Waals surface area contributed by atoms with Crippen LogP contribution in [0.1, 0.15) is 31.9 Å². The van der Waals surface area contributed by atoms with Crippen molar-refractivity contribution in [1.82, 2.24) is 0 Å². The van der Waals surface area contributed by atoms with Crippen LogP contribution in [0.2, 0.25) is 0 Å². The molecule has 0 amide bonds. The van der Waals surface area contributed by atoms with Gasteiger partial charge < -0.3 is 5.11 Å². The zero-order chi connectivity index (χ0) is 9.68. The van der Waals surface area contributed by atoms with E-state index in [1.807, 2.05) is 23.9 Å². The van der Waals surface area contributed by atoms with E-state index in [-0.39, 0.29) is 6.10 Å². The molecule has 72 valence electrons. The van der Waals surface area contributed by atoms with E-state index in [1.165, 1.54) is 11.3 Å². The van der Waals surface area contributed by atoms with Crippen molar-refractivity contribution in [2.45, 2.75) is 31.3 Å². The minimum absolute atomic E-state index is 0.359. The van der Waals surface area contributed by atoms with Crippen LogP contribution in [0.25, 0.3) is 0 Å². The zero-order valence-electron chi connectivity index (χ0n) is 8.16. The van der Waals surface area contributed by atoms with Gasteiger partial charge in [0, 0.05) is 4.90 Å². The Morgan fingerprint density at radius 2 is 2.23 bits per heavy atom. The summed E-state index contributed by atoms with van der Waals surface area (Å²) in [6.45, 7) is 3.97. The first-order chi connectivity index (χ1) is 6.24. The summed E-state index contributed by atoms with van der Waals surface area (Å²) in [4.78, 5) is 1.25. The highest BCUT2D eigenvalue weighted by atomic mass is 32.2. The first kappa shape index (κ1) is 10.6. The molecule has 1 atom stereocenters. The zero-order valence-corrected chi connectivity index (χ0v) is 8.97. The van der Waals surface area contributed by atoms with Crippen molar-refractivity contribution in [2.24, 2.45) is 0 Å². The SMILES string of the molecule is CCCSc1cccc(C(C)O)c1. The van der Waals surface area contributed by atoms with E-state index >= 15 is 0 Å².